The fourth-order valence-corrected chi connectivity index (χ4v) is 3.58. The number of thiophene rings is 1. The Bertz CT molecular complexity index is 808. The van der Waals surface area contributed by atoms with Gasteiger partial charge in [-0.25, -0.2) is 13.8 Å². The standard InChI is InChI=1S/C15H10F2N2OS2/c1-8-13(22-15(18-8)9-5-6-21-7-9)14(20)19-12-10(16)3-2-4-11(12)17/h2-7H,1H3,(H,19,20). The summed E-state index contributed by atoms with van der Waals surface area (Å²) in [6.07, 6.45) is 0. The fraction of sp³-hybridized carbons (Fsp3) is 0.0667. The Kier molecular flexibility index (Phi) is 4.00. The maximum atomic E-state index is 13.6. The van der Waals surface area contributed by atoms with Crippen LogP contribution in [-0.4, -0.2) is 10.9 Å². The van der Waals surface area contributed by atoms with Gasteiger partial charge in [0.25, 0.3) is 5.91 Å². The number of aromatic nitrogens is 1. The summed E-state index contributed by atoms with van der Waals surface area (Å²) in [6.45, 7) is 1.69. The molecule has 2 aromatic heterocycles. The van der Waals surface area contributed by atoms with Crippen molar-refractivity contribution in [2.45, 2.75) is 6.92 Å². The van der Waals surface area contributed by atoms with Crippen LogP contribution in [0.25, 0.3) is 10.6 Å². The Labute approximate surface area is 133 Å². The van der Waals surface area contributed by atoms with E-state index < -0.39 is 23.2 Å². The van der Waals surface area contributed by atoms with Gasteiger partial charge in [0.15, 0.2) is 0 Å². The maximum absolute atomic E-state index is 13.6. The third-order valence-electron chi connectivity index (χ3n) is 2.97. The minimum absolute atomic E-state index is 0.337. The quantitative estimate of drug-likeness (QED) is 0.752. The van der Waals surface area contributed by atoms with Crippen molar-refractivity contribution in [2.75, 3.05) is 5.32 Å². The van der Waals surface area contributed by atoms with Crippen LogP contribution in [0.15, 0.2) is 35.0 Å². The zero-order valence-corrected chi connectivity index (χ0v) is 13.0. The normalized spacial score (nSPS) is 10.7. The van der Waals surface area contributed by atoms with E-state index in [1.807, 2.05) is 16.8 Å². The van der Waals surface area contributed by atoms with Crippen LogP contribution >= 0.6 is 22.7 Å². The number of nitrogens with one attached hydrogen (secondary N) is 1. The zero-order chi connectivity index (χ0) is 15.7. The Morgan fingerprint density at radius 3 is 2.59 bits per heavy atom. The smallest absolute Gasteiger partial charge is 0.267 e. The number of nitrogens with zero attached hydrogens (tertiary/aromatic N) is 1. The number of anilines is 1. The van der Waals surface area contributed by atoms with Crippen LogP contribution in [0.3, 0.4) is 0 Å². The van der Waals surface area contributed by atoms with Gasteiger partial charge in [-0.2, -0.15) is 11.3 Å². The predicted octanol–water partition coefficient (Wildman–Crippen LogP) is 4.71. The number of carbonyl (C=O) groups is 1. The second-order valence-corrected chi connectivity index (χ2v) is 6.28. The molecule has 112 valence electrons. The number of halogens is 2. The largest absolute Gasteiger partial charge is 0.316 e. The molecule has 0 aliphatic carbocycles. The van der Waals surface area contributed by atoms with Gasteiger partial charge in [0.1, 0.15) is 27.2 Å². The van der Waals surface area contributed by atoms with Crippen molar-refractivity contribution >= 4 is 34.3 Å². The van der Waals surface area contributed by atoms with Gasteiger partial charge in [-0.3, -0.25) is 4.79 Å². The minimum atomic E-state index is -0.812. The molecule has 0 fully saturated rings. The topological polar surface area (TPSA) is 42.0 Å². The lowest BCUT2D eigenvalue weighted by atomic mass is 10.2. The summed E-state index contributed by atoms with van der Waals surface area (Å²) in [5.74, 6) is -2.19. The summed E-state index contributed by atoms with van der Waals surface area (Å²) >= 11 is 2.73. The van der Waals surface area contributed by atoms with Crippen LogP contribution in [0.4, 0.5) is 14.5 Å². The second-order valence-electron chi connectivity index (χ2n) is 4.50. The first-order chi connectivity index (χ1) is 10.6. The summed E-state index contributed by atoms with van der Waals surface area (Å²) in [5, 5.41) is 6.83. The number of aryl methyl sites for hydroxylation is 1. The third kappa shape index (κ3) is 2.77. The summed E-state index contributed by atoms with van der Waals surface area (Å²) in [6, 6.07) is 5.33. The highest BCUT2D eigenvalue weighted by molar-refractivity contribution is 7.17. The first-order valence-electron chi connectivity index (χ1n) is 6.31. The molecular weight excluding hydrogens is 326 g/mol. The Hall–Kier alpha value is -2.12. The lowest BCUT2D eigenvalue weighted by molar-refractivity contribution is 0.102. The minimum Gasteiger partial charge on any atom is -0.316 e. The number of para-hydroxylation sites is 1. The average Bonchev–Trinajstić information content (AvgIpc) is 3.12. The maximum Gasteiger partial charge on any atom is 0.267 e. The Balaban J connectivity index is 1.90. The van der Waals surface area contributed by atoms with Gasteiger partial charge in [0, 0.05) is 10.9 Å². The molecule has 0 spiro atoms. The summed E-state index contributed by atoms with van der Waals surface area (Å²) in [7, 11) is 0. The van der Waals surface area contributed by atoms with Crippen LogP contribution in [0.1, 0.15) is 15.4 Å². The highest BCUT2D eigenvalue weighted by atomic mass is 32.1. The van der Waals surface area contributed by atoms with Crippen molar-refractivity contribution in [1.82, 2.24) is 4.98 Å². The Morgan fingerprint density at radius 2 is 1.95 bits per heavy atom. The highest BCUT2D eigenvalue weighted by Gasteiger charge is 2.19. The number of amides is 1. The molecule has 7 heteroatoms. The van der Waals surface area contributed by atoms with Gasteiger partial charge in [-0.15, -0.1) is 11.3 Å². The van der Waals surface area contributed by atoms with E-state index in [2.05, 4.69) is 10.3 Å². The van der Waals surface area contributed by atoms with Gasteiger partial charge in [0.2, 0.25) is 0 Å². The van der Waals surface area contributed by atoms with Gasteiger partial charge >= 0.3 is 0 Å². The lowest BCUT2D eigenvalue weighted by Crippen LogP contribution is -2.14. The molecule has 0 aliphatic heterocycles. The number of benzene rings is 1. The van der Waals surface area contributed by atoms with Crippen LogP contribution in [0.5, 0.6) is 0 Å². The fourth-order valence-electron chi connectivity index (χ4n) is 1.90. The molecule has 3 aromatic rings. The third-order valence-corrected chi connectivity index (χ3v) is 4.86. The molecule has 0 radical (unpaired) electrons. The van der Waals surface area contributed by atoms with Crippen molar-refractivity contribution in [1.29, 1.82) is 0 Å². The molecule has 2 heterocycles. The van der Waals surface area contributed by atoms with Crippen LogP contribution in [-0.2, 0) is 0 Å². The average molecular weight is 336 g/mol. The van der Waals surface area contributed by atoms with Crippen molar-refractivity contribution in [3.63, 3.8) is 0 Å². The first kappa shape index (κ1) is 14.8. The number of thiazole rings is 1. The molecule has 3 nitrogen and oxygen atoms in total. The molecule has 0 atom stereocenters. The van der Waals surface area contributed by atoms with Gasteiger partial charge in [0.05, 0.1) is 5.69 Å². The van der Waals surface area contributed by atoms with Gasteiger partial charge in [-0.1, -0.05) is 6.07 Å². The van der Waals surface area contributed by atoms with E-state index in [9.17, 15) is 13.6 Å². The van der Waals surface area contributed by atoms with Crippen LogP contribution in [0.2, 0.25) is 0 Å². The predicted molar refractivity (Wildman–Crippen MR) is 84.5 cm³/mol. The zero-order valence-electron chi connectivity index (χ0n) is 11.4. The van der Waals surface area contributed by atoms with E-state index in [1.54, 1.807) is 6.92 Å². The molecule has 1 amide bonds. The van der Waals surface area contributed by atoms with E-state index in [4.69, 9.17) is 0 Å². The molecule has 1 N–H and O–H groups in total. The van der Waals surface area contributed by atoms with E-state index in [1.165, 1.54) is 28.7 Å². The van der Waals surface area contributed by atoms with Crippen molar-refractivity contribution < 1.29 is 13.6 Å². The van der Waals surface area contributed by atoms with E-state index in [0.29, 0.717) is 15.6 Å². The monoisotopic (exact) mass is 336 g/mol. The molecular formula is C15H10F2N2OS2. The molecule has 0 saturated carbocycles. The Morgan fingerprint density at radius 1 is 1.23 bits per heavy atom. The summed E-state index contributed by atoms with van der Waals surface area (Å²) in [4.78, 5) is 16.9. The van der Waals surface area contributed by atoms with Gasteiger partial charge in [-0.05, 0) is 30.5 Å². The molecule has 22 heavy (non-hydrogen) atoms. The van der Waals surface area contributed by atoms with Crippen molar-refractivity contribution in [3.8, 4) is 10.6 Å². The lowest BCUT2D eigenvalue weighted by Gasteiger charge is -2.06. The number of rotatable bonds is 3. The number of carbonyl (C=O) groups excluding carboxylic acids is 1. The van der Waals surface area contributed by atoms with Crippen LogP contribution in [0, 0.1) is 18.6 Å². The summed E-state index contributed by atoms with van der Waals surface area (Å²) < 4.78 is 27.2. The van der Waals surface area contributed by atoms with E-state index >= 15 is 0 Å². The number of hydrogen-bond acceptors (Lipinski definition) is 4. The molecule has 0 aliphatic rings. The number of hydrogen-bond donors (Lipinski definition) is 1. The molecule has 3 rings (SSSR count). The molecule has 0 saturated heterocycles. The second kappa shape index (κ2) is 5.94. The molecule has 1 aromatic carbocycles. The highest BCUT2D eigenvalue weighted by Crippen LogP contribution is 2.30. The van der Waals surface area contributed by atoms with E-state index in [-0.39, 0.29) is 0 Å². The molecule has 0 unspecified atom stereocenters. The van der Waals surface area contributed by atoms with Crippen molar-refractivity contribution in [3.05, 3.63) is 57.2 Å². The van der Waals surface area contributed by atoms with Gasteiger partial charge < -0.3 is 5.32 Å². The first-order valence-corrected chi connectivity index (χ1v) is 8.07. The van der Waals surface area contributed by atoms with E-state index in [0.717, 1.165) is 17.7 Å². The summed E-state index contributed by atoms with van der Waals surface area (Å²) in [5.41, 5.74) is 1.01. The van der Waals surface area contributed by atoms with Crippen LogP contribution < -0.4 is 5.32 Å². The SMILES string of the molecule is Cc1nc(-c2ccsc2)sc1C(=O)Nc1c(F)cccc1F. The van der Waals surface area contributed by atoms with Crippen molar-refractivity contribution in [2.24, 2.45) is 0 Å². The molecule has 0 bridgehead atoms.